The number of halogens is 1. The van der Waals surface area contributed by atoms with E-state index in [1.165, 1.54) is 44.4 Å². The molecule has 1 aromatic carbocycles. The van der Waals surface area contributed by atoms with Gasteiger partial charge in [0.15, 0.2) is 0 Å². The van der Waals surface area contributed by atoms with Gasteiger partial charge in [-0.25, -0.2) is 9.18 Å². The van der Waals surface area contributed by atoms with Crippen LogP contribution in [0.15, 0.2) is 29.2 Å². The van der Waals surface area contributed by atoms with Gasteiger partial charge in [0.05, 0.1) is 12.0 Å². The van der Waals surface area contributed by atoms with Crippen LogP contribution in [0, 0.1) is 5.82 Å². The Bertz CT molecular complexity index is 626. The number of nitrogens with zero attached hydrogens (tertiary/aromatic N) is 1. The number of thioether (sulfide) groups is 1. The number of methoxy groups -OCH3 is 1. The molecular formula is C14H12FNO4S. The number of esters is 1. The van der Waals surface area contributed by atoms with Gasteiger partial charge < -0.3 is 4.74 Å². The molecule has 110 valence electrons. The third-order valence-electron chi connectivity index (χ3n) is 2.92. The van der Waals surface area contributed by atoms with Crippen molar-refractivity contribution < 1.29 is 23.5 Å². The zero-order valence-corrected chi connectivity index (χ0v) is 12.1. The summed E-state index contributed by atoms with van der Waals surface area (Å²) in [6, 6.07) is 4.52. The van der Waals surface area contributed by atoms with Gasteiger partial charge in [-0.15, -0.1) is 0 Å². The van der Waals surface area contributed by atoms with Crippen LogP contribution in [-0.2, 0) is 14.3 Å². The van der Waals surface area contributed by atoms with E-state index in [0.717, 1.165) is 16.7 Å². The van der Waals surface area contributed by atoms with Gasteiger partial charge in [0, 0.05) is 0 Å². The lowest BCUT2D eigenvalue weighted by molar-refractivity contribution is -0.148. The summed E-state index contributed by atoms with van der Waals surface area (Å²) in [4.78, 5) is 36.5. The fourth-order valence-electron chi connectivity index (χ4n) is 1.80. The Morgan fingerprint density at radius 3 is 2.52 bits per heavy atom. The molecule has 0 radical (unpaired) electrons. The van der Waals surface area contributed by atoms with Gasteiger partial charge in [-0.05, 0) is 42.5 Å². The summed E-state index contributed by atoms with van der Waals surface area (Å²) in [6.45, 7) is 1.42. The quantitative estimate of drug-likeness (QED) is 0.634. The molecule has 2 amide bonds. The zero-order valence-electron chi connectivity index (χ0n) is 11.3. The molecule has 21 heavy (non-hydrogen) atoms. The number of carbonyl (C=O) groups excluding carboxylic acids is 3. The van der Waals surface area contributed by atoms with E-state index in [1.807, 2.05) is 0 Å². The summed E-state index contributed by atoms with van der Waals surface area (Å²) in [5, 5.41) is -0.536. The first-order chi connectivity index (χ1) is 9.93. The van der Waals surface area contributed by atoms with Crippen molar-refractivity contribution in [2.45, 2.75) is 13.0 Å². The van der Waals surface area contributed by atoms with Gasteiger partial charge in [-0.3, -0.25) is 14.5 Å². The SMILES string of the molecule is COC(=O)[C@@H](C)N1C(=O)S/C(=C/c2ccc(F)cc2)C1=O. The summed E-state index contributed by atoms with van der Waals surface area (Å²) < 4.78 is 17.4. The predicted molar refractivity (Wildman–Crippen MR) is 75.7 cm³/mol. The van der Waals surface area contributed by atoms with E-state index in [4.69, 9.17) is 0 Å². The first-order valence-corrected chi connectivity index (χ1v) is 6.86. The molecule has 0 N–H and O–H groups in total. The second kappa shape index (κ2) is 6.09. The minimum absolute atomic E-state index is 0.183. The number of rotatable bonds is 3. The van der Waals surface area contributed by atoms with E-state index in [2.05, 4.69) is 4.74 Å². The van der Waals surface area contributed by atoms with Crippen molar-refractivity contribution in [1.29, 1.82) is 0 Å². The number of hydrogen-bond donors (Lipinski definition) is 0. The highest BCUT2D eigenvalue weighted by Crippen LogP contribution is 2.33. The summed E-state index contributed by atoms with van der Waals surface area (Å²) in [5.41, 5.74) is 0.590. The Balaban J connectivity index is 2.25. The predicted octanol–water partition coefficient (Wildman–Crippen LogP) is 2.42. The van der Waals surface area contributed by atoms with Gasteiger partial charge in [0.1, 0.15) is 11.9 Å². The molecule has 5 nitrogen and oxygen atoms in total. The highest BCUT2D eigenvalue weighted by molar-refractivity contribution is 8.18. The van der Waals surface area contributed by atoms with Crippen molar-refractivity contribution in [2.24, 2.45) is 0 Å². The maximum Gasteiger partial charge on any atom is 0.328 e. The highest BCUT2D eigenvalue weighted by Gasteiger charge is 2.41. The molecule has 2 rings (SSSR count). The highest BCUT2D eigenvalue weighted by atomic mass is 32.2. The molecule has 1 heterocycles. The molecule has 7 heteroatoms. The molecule has 0 saturated carbocycles. The van der Waals surface area contributed by atoms with Crippen LogP contribution in [0.25, 0.3) is 6.08 Å². The number of ether oxygens (including phenoxy) is 1. The van der Waals surface area contributed by atoms with Crippen LogP contribution in [0.2, 0.25) is 0 Å². The third-order valence-corrected chi connectivity index (χ3v) is 3.80. The fraction of sp³-hybridized carbons (Fsp3) is 0.214. The first-order valence-electron chi connectivity index (χ1n) is 6.04. The lowest BCUT2D eigenvalue weighted by Crippen LogP contribution is -2.42. The molecule has 0 spiro atoms. The Labute approximate surface area is 124 Å². The van der Waals surface area contributed by atoms with Gasteiger partial charge in [-0.2, -0.15) is 0 Å². The van der Waals surface area contributed by atoms with Gasteiger partial charge >= 0.3 is 5.97 Å². The van der Waals surface area contributed by atoms with Crippen LogP contribution in [0.4, 0.5) is 9.18 Å². The van der Waals surface area contributed by atoms with Crippen LogP contribution < -0.4 is 0 Å². The van der Waals surface area contributed by atoms with E-state index in [0.29, 0.717) is 5.56 Å². The average Bonchev–Trinajstić information content (AvgIpc) is 2.74. The Morgan fingerprint density at radius 2 is 1.95 bits per heavy atom. The monoisotopic (exact) mass is 309 g/mol. The molecule has 1 atom stereocenters. The van der Waals surface area contributed by atoms with Crippen molar-refractivity contribution in [3.8, 4) is 0 Å². The number of benzene rings is 1. The fourth-order valence-corrected chi connectivity index (χ4v) is 2.71. The van der Waals surface area contributed by atoms with Gasteiger partial charge in [0.2, 0.25) is 0 Å². The molecule has 1 aromatic rings. The first kappa shape index (κ1) is 15.2. The topological polar surface area (TPSA) is 63.7 Å². The molecule has 0 aromatic heterocycles. The van der Waals surface area contributed by atoms with Crippen LogP contribution in [0.5, 0.6) is 0 Å². The number of imide groups is 1. The van der Waals surface area contributed by atoms with Gasteiger partial charge in [0.25, 0.3) is 11.1 Å². The molecule has 0 bridgehead atoms. The van der Waals surface area contributed by atoms with E-state index in [9.17, 15) is 18.8 Å². The van der Waals surface area contributed by atoms with E-state index < -0.39 is 23.2 Å². The zero-order chi connectivity index (χ0) is 15.6. The van der Waals surface area contributed by atoms with E-state index in [1.54, 1.807) is 0 Å². The van der Waals surface area contributed by atoms with E-state index in [-0.39, 0.29) is 10.7 Å². The average molecular weight is 309 g/mol. The van der Waals surface area contributed by atoms with Crippen LogP contribution in [-0.4, -0.2) is 35.2 Å². The van der Waals surface area contributed by atoms with Crippen LogP contribution in [0.3, 0.4) is 0 Å². The van der Waals surface area contributed by atoms with Crippen LogP contribution in [0.1, 0.15) is 12.5 Å². The lowest BCUT2D eigenvalue weighted by Gasteiger charge is -2.18. The van der Waals surface area contributed by atoms with E-state index >= 15 is 0 Å². The molecule has 0 aliphatic carbocycles. The lowest BCUT2D eigenvalue weighted by atomic mass is 10.2. The summed E-state index contributed by atoms with van der Waals surface area (Å²) in [5.74, 6) is -1.62. The number of hydrogen-bond acceptors (Lipinski definition) is 5. The smallest absolute Gasteiger partial charge is 0.328 e. The summed E-state index contributed by atoms with van der Waals surface area (Å²) in [7, 11) is 1.19. The molecule has 1 aliphatic rings. The Kier molecular flexibility index (Phi) is 4.42. The van der Waals surface area contributed by atoms with Crippen LogP contribution >= 0.6 is 11.8 Å². The number of carbonyl (C=O) groups is 3. The minimum Gasteiger partial charge on any atom is -0.467 e. The van der Waals surface area contributed by atoms with Gasteiger partial charge in [-0.1, -0.05) is 12.1 Å². The van der Waals surface area contributed by atoms with Crippen molar-refractivity contribution in [2.75, 3.05) is 7.11 Å². The molecule has 1 saturated heterocycles. The van der Waals surface area contributed by atoms with Crippen molar-refractivity contribution >= 4 is 35.0 Å². The largest absolute Gasteiger partial charge is 0.467 e. The van der Waals surface area contributed by atoms with Crippen molar-refractivity contribution in [3.63, 3.8) is 0 Å². The van der Waals surface area contributed by atoms with Crippen molar-refractivity contribution in [1.82, 2.24) is 4.90 Å². The van der Waals surface area contributed by atoms with Crippen molar-refractivity contribution in [3.05, 3.63) is 40.6 Å². The molecule has 1 fully saturated rings. The maximum atomic E-state index is 12.8. The summed E-state index contributed by atoms with van der Waals surface area (Å²) >= 11 is 0.734. The standard InChI is InChI=1S/C14H12FNO4S/c1-8(13(18)20-2)16-12(17)11(21-14(16)19)7-9-3-5-10(15)6-4-9/h3-8H,1-2H3/b11-7+/t8-/m1/s1. The molecule has 1 aliphatic heterocycles. The summed E-state index contributed by atoms with van der Waals surface area (Å²) in [6.07, 6.45) is 1.48. The second-order valence-electron chi connectivity index (χ2n) is 4.30. The second-order valence-corrected chi connectivity index (χ2v) is 5.30. The maximum absolute atomic E-state index is 12.8. The Hall–Kier alpha value is -2.15. The molecular weight excluding hydrogens is 297 g/mol. The minimum atomic E-state index is -0.985. The molecule has 0 unspecified atom stereocenters. The third kappa shape index (κ3) is 3.13. The normalized spacial score (nSPS) is 18.2. The number of amides is 2. The Morgan fingerprint density at radius 1 is 1.33 bits per heavy atom.